The van der Waals surface area contributed by atoms with Crippen LogP contribution in [0.3, 0.4) is 0 Å². The summed E-state index contributed by atoms with van der Waals surface area (Å²) in [6.07, 6.45) is 2.63. The van der Waals surface area contributed by atoms with Crippen LogP contribution in [0.4, 0.5) is 5.69 Å². The zero-order valence-corrected chi connectivity index (χ0v) is 11.5. The first-order valence-corrected chi connectivity index (χ1v) is 6.42. The van der Waals surface area contributed by atoms with Crippen LogP contribution in [0.25, 0.3) is 6.08 Å². The molecular weight excluding hydrogens is 286 g/mol. The molecule has 2 aromatic rings. The number of hydrogen-bond acceptors (Lipinski definition) is 5. The number of phenolic OH excluding ortho intramolecular Hbond substituents is 1. The Kier molecular flexibility index (Phi) is 4.87. The molecule has 0 aromatic heterocycles. The first-order valence-electron chi connectivity index (χ1n) is 6.42. The molecule has 0 aliphatic carbocycles. The smallest absolute Gasteiger partial charge is 0.276 e. The number of ketones is 1. The van der Waals surface area contributed by atoms with Gasteiger partial charge < -0.3 is 9.84 Å². The van der Waals surface area contributed by atoms with Crippen LogP contribution in [0.5, 0.6) is 11.5 Å². The van der Waals surface area contributed by atoms with E-state index >= 15 is 0 Å². The molecule has 112 valence electrons. The van der Waals surface area contributed by atoms with Crippen molar-refractivity contribution in [3.8, 4) is 11.5 Å². The number of nitro benzene ring substituents is 1. The van der Waals surface area contributed by atoms with Gasteiger partial charge in [-0.05, 0) is 42.5 Å². The van der Waals surface area contributed by atoms with Gasteiger partial charge in [0, 0.05) is 6.07 Å². The fourth-order valence-electron chi connectivity index (χ4n) is 1.72. The van der Waals surface area contributed by atoms with E-state index in [2.05, 4.69) is 0 Å². The molecule has 2 rings (SSSR count). The van der Waals surface area contributed by atoms with Crippen LogP contribution in [0.1, 0.15) is 5.56 Å². The van der Waals surface area contributed by atoms with Gasteiger partial charge in [-0.15, -0.1) is 0 Å². The van der Waals surface area contributed by atoms with E-state index in [1.165, 1.54) is 42.5 Å². The van der Waals surface area contributed by atoms with Gasteiger partial charge in [0.15, 0.2) is 12.4 Å². The van der Waals surface area contributed by atoms with Crippen molar-refractivity contribution in [3.63, 3.8) is 0 Å². The van der Waals surface area contributed by atoms with Gasteiger partial charge in [0.25, 0.3) is 5.69 Å². The van der Waals surface area contributed by atoms with Crippen LogP contribution >= 0.6 is 0 Å². The summed E-state index contributed by atoms with van der Waals surface area (Å²) in [5, 5.41) is 20.0. The van der Waals surface area contributed by atoms with E-state index in [1.54, 1.807) is 18.2 Å². The molecule has 0 atom stereocenters. The van der Waals surface area contributed by atoms with E-state index in [-0.39, 0.29) is 23.8 Å². The van der Waals surface area contributed by atoms with Crippen LogP contribution in [-0.2, 0) is 4.79 Å². The monoisotopic (exact) mass is 299 g/mol. The molecule has 0 amide bonds. The number of aromatic hydroxyl groups is 1. The van der Waals surface area contributed by atoms with Crippen LogP contribution in [0, 0.1) is 10.1 Å². The predicted molar refractivity (Wildman–Crippen MR) is 80.7 cm³/mol. The number of rotatable bonds is 6. The zero-order chi connectivity index (χ0) is 15.9. The van der Waals surface area contributed by atoms with Crippen LogP contribution in [-0.4, -0.2) is 22.4 Å². The lowest BCUT2D eigenvalue weighted by Gasteiger charge is -2.03. The number of nitro groups is 1. The van der Waals surface area contributed by atoms with Crippen molar-refractivity contribution in [2.45, 2.75) is 0 Å². The molecule has 0 unspecified atom stereocenters. The molecule has 0 aliphatic heterocycles. The Morgan fingerprint density at radius 2 is 1.86 bits per heavy atom. The lowest BCUT2D eigenvalue weighted by atomic mass is 10.1. The summed E-state index contributed by atoms with van der Waals surface area (Å²) < 4.78 is 5.24. The first-order chi connectivity index (χ1) is 10.6. The number of ether oxygens (including phenoxy) is 1. The van der Waals surface area contributed by atoms with E-state index in [1.807, 2.05) is 0 Å². The van der Waals surface area contributed by atoms with Gasteiger partial charge in [-0.25, -0.2) is 0 Å². The molecule has 0 spiro atoms. The van der Waals surface area contributed by atoms with E-state index in [4.69, 9.17) is 9.84 Å². The number of para-hydroxylation sites is 1. The van der Waals surface area contributed by atoms with Crippen molar-refractivity contribution in [1.82, 2.24) is 0 Å². The second-order valence-electron chi connectivity index (χ2n) is 4.40. The van der Waals surface area contributed by atoms with E-state index in [0.29, 0.717) is 11.3 Å². The second-order valence-corrected chi connectivity index (χ2v) is 4.40. The molecule has 2 aromatic carbocycles. The van der Waals surface area contributed by atoms with Gasteiger partial charge in [0.1, 0.15) is 11.5 Å². The Balaban J connectivity index is 1.97. The normalized spacial score (nSPS) is 10.5. The molecule has 6 heteroatoms. The van der Waals surface area contributed by atoms with Crippen LogP contribution < -0.4 is 4.74 Å². The summed E-state index contributed by atoms with van der Waals surface area (Å²) in [4.78, 5) is 22.1. The lowest BCUT2D eigenvalue weighted by molar-refractivity contribution is -0.385. The Labute approximate surface area is 126 Å². The van der Waals surface area contributed by atoms with Crippen LogP contribution in [0.2, 0.25) is 0 Å². The largest absolute Gasteiger partial charge is 0.508 e. The maximum atomic E-state index is 11.7. The molecule has 0 heterocycles. The Hall–Kier alpha value is -3.15. The molecule has 0 aliphatic rings. The average Bonchev–Trinajstić information content (AvgIpc) is 2.52. The molecular formula is C16H13NO5. The van der Waals surface area contributed by atoms with Gasteiger partial charge in [-0.3, -0.25) is 14.9 Å². The number of carbonyl (C=O) groups excluding carboxylic acids is 1. The van der Waals surface area contributed by atoms with Crippen molar-refractivity contribution in [2.75, 3.05) is 6.61 Å². The second kappa shape index (κ2) is 7.03. The summed E-state index contributed by atoms with van der Waals surface area (Å²) in [5.41, 5.74) is 0.288. The fraction of sp³-hybridized carbons (Fsp3) is 0.0625. The summed E-state index contributed by atoms with van der Waals surface area (Å²) >= 11 is 0. The number of nitrogens with zero attached hydrogens (tertiary/aromatic N) is 1. The fourth-order valence-corrected chi connectivity index (χ4v) is 1.72. The third-order valence-corrected chi connectivity index (χ3v) is 2.80. The predicted octanol–water partition coefficient (Wildman–Crippen LogP) is 2.96. The molecule has 0 radical (unpaired) electrons. The van der Waals surface area contributed by atoms with Crippen molar-refractivity contribution < 1.29 is 19.6 Å². The van der Waals surface area contributed by atoms with Gasteiger partial charge in [-0.1, -0.05) is 12.1 Å². The number of hydrogen-bond donors (Lipinski definition) is 1. The molecule has 0 bridgehead atoms. The third kappa shape index (κ3) is 4.17. The number of carbonyl (C=O) groups is 1. The van der Waals surface area contributed by atoms with Crippen molar-refractivity contribution >= 4 is 17.5 Å². The first kappa shape index (κ1) is 15.2. The minimum absolute atomic E-state index is 0.0639. The minimum Gasteiger partial charge on any atom is -0.508 e. The highest BCUT2D eigenvalue weighted by molar-refractivity contribution is 5.95. The molecule has 1 N–H and O–H groups in total. The summed E-state index contributed by atoms with van der Waals surface area (Å²) in [5.74, 6) is 0.228. The minimum atomic E-state index is -0.503. The van der Waals surface area contributed by atoms with Gasteiger partial charge in [0.2, 0.25) is 0 Å². The van der Waals surface area contributed by atoms with E-state index < -0.39 is 4.92 Å². The van der Waals surface area contributed by atoms with Crippen molar-refractivity contribution in [3.05, 3.63) is 70.3 Å². The third-order valence-electron chi connectivity index (χ3n) is 2.80. The highest BCUT2D eigenvalue weighted by Gasteiger charge is 2.09. The van der Waals surface area contributed by atoms with Crippen LogP contribution in [0.15, 0.2) is 54.6 Å². The van der Waals surface area contributed by atoms with Crippen molar-refractivity contribution in [2.24, 2.45) is 0 Å². The maximum absolute atomic E-state index is 11.7. The van der Waals surface area contributed by atoms with Crippen molar-refractivity contribution in [1.29, 1.82) is 0 Å². The van der Waals surface area contributed by atoms with E-state index in [0.717, 1.165) is 0 Å². The lowest BCUT2D eigenvalue weighted by Crippen LogP contribution is -2.08. The maximum Gasteiger partial charge on any atom is 0.276 e. The highest BCUT2D eigenvalue weighted by atomic mass is 16.6. The van der Waals surface area contributed by atoms with Gasteiger partial charge >= 0.3 is 0 Å². The quantitative estimate of drug-likeness (QED) is 0.503. The Morgan fingerprint density at radius 3 is 2.55 bits per heavy atom. The Morgan fingerprint density at radius 1 is 1.18 bits per heavy atom. The highest BCUT2D eigenvalue weighted by Crippen LogP contribution is 2.19. The topological polar surface area (TPSA) is 89.7 Å². The summed E-state index contributed by atoms with van der Waals surface area (Å²) in [6, 6.07) is 12.1. The SMILES string of the molecule is O=C(/C=C/c1ccccc1[N+](=O)[O-])COc1ccc(O)cc1. The average molecular weight is 299 g/mol. The van der Waals surface area contributed by atoms with E-state index in [9.17, 15) is 14.9 Å². The van der Waals surface area contributed by atoms with Gasteiger partial charge in [0.05, 0.1) is 10.5 Å². The summed E-state index contributed by atoms with van der Waals surface area (Å²) in [7, 11) is 0. The summed E-state index contributed by atoms with van der Waals surface area (Å²) in [6.45, 7) is -0.193. The zero-order valence-electron chi connectivity index (χ0n) is 11.5. The molecule has 0 saturated heterocycles. The number of benzene rings is 2. The molecule has 0 fully saturated rings. The van der Waals surface area contributed by atoms with Gasteiger partial charge in [-0.2, -0.15) is 0 Å². The Bertz CT molecular complexity index is 707. The molecule has 0 saturated carbocycles. The molecule has 6 nitrogen and oxygen atoms in total. The number of phenols is 1. The molecule has 22 heavy (non-hydrogen) atoms. The standard InChI is InChI=1S/C16H13NO5/c18-13-7-9-15(10-8-13)22-11-14(19)6-5-12-3-1-2-4-16(12)17(20)21/h1-10,18H,11H2/b6-5+.